The SMILES string of the molecule is CC(=O)CCC(C)C(O)C(C)C. The molecule has 0 heterocycles. The van der Waals surface area contributed by atoms with Crippen LogP contribution in [0.5, 0.6) is 0 Å². The summed E-state index contributed by atoms with van der Waals surface area (Å²) in [6.07, 6.45) is 1.11. The topological polar surface area (TPSA) is 37.3 Å². The maximum atomic E-state index is 10.7. The summed E-state index contributed by atoms with van der Waals surface area (Å²) >= 11 is 0. The Balaban J connectivity index is 3.71. The van der Waals surface area contributed by atoms with Crippen LogP contribution >= 0.6 is 0 Å². The Hall–Kier alpha value is -0.370. The fraction of sp³-hybridized carbons (Fsp3) is 0.900. The minimum atomic E-state index is -0.274. The molecule has 2 unspecified atom stereocenters. The standard InChI is InChI=1S/C10H20O2/c1-7(2)10(12)8(3)5-6-9(4)11/h7-8,10,12H,5-6H2,1-4H3. The minimum Gasteiger partial charge on any atom is -0.393 e. The van der Waals surface area contributed by atoms with Crippen molar-refractivity contribution in [2.75, 3.05) is 0 Å². The zero-order valence-electron chi connectivity index (χ0n) is 8.50. The number of Topliss-reactive ketones (excluding diaryl/α,β-unsaturated/α-hetero) is 1. The van der Waals surface area contributed by atoms with Crippen LogP contribution in [0.2, 0.25) is 0 Å². The van der Waals surface area contributed by atoms with E-state index in [2.05, 4.69) is 0 Å². The molecule has 0 aliphatic carbocycles. The van der Waals surface area contributed by atoms with Gasteiger partial charge in [0.05, 0.1) is 6.10 Å². The van der Waals surface area contributed by atoms with Crippen LogP contribution in [0.25, 0.3) is 0 Å². The third-order valence-corrected chi connectivity index (χ3v) is 2.22. The summed E-state index contributed by atoms with van der Waals surface area (Å²) in [5.74, 6) is 0.721. The summed E-state index contributed by atoms with van der Waals surface area (Å²) < 4.78 is 0. The van der Waals surface area contributed by atoms with Crippen LogP contribution in [0.3, 0.4) is 0 Å². The second kappa shape index (κ2) is 5.31. The molecule has 0 bridgehead atoms. The Bertz CT molecular complexity index is 141. The monoisotopic (exact) mass is 172 g/mol. The van der Waals surface area contributed by atoms with E-state index in [1.807, 2.05) is 20.8 Å². The minimum absolute atomic E-state index is 0.206. The van der Waals surface area contributed by atoms with E-state index in [1.54, 1.807) is 6.92 Å². The Morgan fingerprint density at radius 1 is 1.33 bits per heavy atom. The Kier molecular flexibility index (Phi) is 5.14. The van der Waals surface area contributed by atoms with Gasteiger partial charge in [0.25, 0.3) is 0 Å². The molecule has 0 aromatic heterocycles. The first kappa shape index (κ1) is 11.6. The van der Waals surface area contributed by atoms with Gasteiger partial charge in [-0.05, 0) is 25.2 Å². The van der Waals surface area contributed by atoms with Gasteiger partial charge in [-0.2, -0.15) is 0 Å². The zero-order valence-corrected chi connectivity index (χ0v) is 8.50. The van der Waals surface area contributed by atoms with E-state index in [0.717, 1.165) is 6.42 Å². The van der Waals surface area contributed by atoms with Gasteiger partial charge < -0.3 is 9.90 Å². The van der Waals surface area contributed by atoms with E-state index in [9.17, 15) is 9.90 Å². The first-order chi connectivity index (χ1) is 5.45. The molecule has 0 aliphatic heterocycles. The molecule has 0 rings (SSSR count). The summed E-state index contributed by atoms with van der Waals surface area (Å²) in [6, 6.07) is 0. The van der Waals surface area contributed by atoms with Crippen molar-refractivity contribution in [2.24, 2.45) is 11.8 Å². The molecule has 0 fully saturated rings. The lowest BCUT2D eigenvalue weighted by Crippen LogP contribution is -2.24. The Morgan fingerprint density at radius 3 is 2.17 bits per heavy atom. The first-order valence-corrected chi connectivity index (χ1v) is 4.62. The second-order valence-electron chi connectivity index (χ2n) is 3.95. The van der Waals surface area contributed by atoms with Crippen LogP contribution in [-0.4, -0.2) is 17.0 Å². The second-order valence-corrected chi connectivity index (χ2v) is 3.95. The number of aliphatic hydroxyl groups excluding tert-OH is 1. The molecule has 72 valence electrons. The van der Waals surface area contributed by atoms with Gasteiger partial charge in [-0.3, -0.25) is 0 Å². The van der Waals surface area contributed by atoms with Gasteiger partial charge >= 0.3 is 0 Å². The van der Waals surface area contributed by atoms with Crippen molar-refractivity contribution < 1.29 is 9.90 Å². The van der Waals surface area contributed by atoms with Crippen molar-refractivity contribution in [1.82, 2.24) is 0 Å². The normalized spacial score (nSPS) is 16.2. The van der Waals surface area contributed by atoms with Crippen molar-refractivity contribution in [3.05, 3.63) is 0 Å². The van der Waals surface area contributed by atoms with E-state index >= 15 is 0 Å². The molecule has 0 saturated carbocycles. The quantitative estimate of drug-likeness (QED) is 0.688. The fourth-order valence-corrected chi connectivity index (χ4v) is 1.26. The van der Waals surface area contributed by atoms with E-state index in [1.165, 1.54) is 0 Å². The number of aliphatic hydroxyl groups is 1. The number of hydrogen-bond acceptors (Lipinski definition) is 2. The van der Waals surface area contributed by atoms with E-state index < -0.39 is 0 Å². The predicted molar refractivity (Wildman–Crippen MR) is 49.9 cm³/mol. The molecule has 2 heteroatoms. The molecule has 0 radical (unpaired) electrons. The fourth-order valence-electron chi connectivity index (χ4n) is 1.26. The predicted octanol–water partition coefficient (Wildman–Crippen LogP) is 2.01. The number of carbonyl (C=O) groups is 1. The van der Waals surface area contributed by atoms with Crippen LogP contribution in [0.15, 0.2) is 0 Å². The summed E-state index contributed by atoms with van der Waals surface area (Å²) in [5, 5.41) is 9.60. The largest absolute Gasteiger partial charge is 0.393 e. The van der Waals surface area contributed by atoms with Gasteiger partial charge in [0.2, 0.25) is 0 Å². The highest BCUT2D eigenvalue weighted by Crippen LogP contribution is 2.17. The Labute approximate surface area is 75.0 Å². The summed E-state index contributed by atoms with van der Waals surface area (Å²) in [6.45, 7) is 7.58. The number of hydrogen-bond donors (Lipinski definition) is 1. The van der Waals surface area contributed by atoms with Crippen molar-refractivity contribution in [2.45, 2.75) is 46.6 Å². The molecule has 2 atom stereocenters. The van der Waals surface area contributed by atoms with Gasteiger partial charge in [-0.15, -0.1) is 0 Å². The third-order valence-electron chi connectivity index (χ3n) is 2.22. The third kappa shape index (κ3) is 4.50. The van der Waals surface area contributed by atoms with Gasteiger partial charge in [-0.1, -0.05) is 20.8 Å². The van der Waals surface area contributed by atoms with Gasteiger partial charge in [0.15, 0.2) is 0 Å². The smallest absolute Gasteiger partial charge is 0.129 e. The maximum absolute atomic E-state index is 10.7. The molecule has 2 nitrogen and oxygen atoms in total. The van der Waals surface area contributed by atoms with Gasteiger partial charge in [0.1, 0.15) is 5.78 Å². The summed E-state index contributed by atoms with van der Waals surface area (Å²) in [4.78, 5) is 10.7. The summed E-state index contributed by atoms with van der Waals surface area (Å²) in [7, 11) is 0. The number of rotatable bonds is 5. The van der Waals surface area contributed by atoms with E-state index in [4.69, 9.17) is 0 Å². The molecule has 0 spiro atoms. The lowest BCUT2D eigenvalue weighted by atomic mass is 9.91. The summed E-state index contributed by atoms with van der Waals surface area (Å²) in [5.41, 5.74) is 0. The molecular formula is C10H20O2. The van der Waals surface area contributed by atoms with Crippen LogP contribution in [0, 0.1) is 11.8 Å². The van der Waals surface area contributed by atoms with Crippen LogP contribution in [-0.2, 0) is 4.79 Å². The molecule has 0 amide bonds. The van der Waals surface area contributed by atoms with E-state index in [-0.39, 0.29) is 23.7 Å². The highest BCUT2D eigenvalue weighted by atomic mass is 16.3. The van der Waals surface area contributed by atoms with Crippen molar-refractivity contribution in [3.8, 4) is 0 Å². The van der Waals surface area contributed by atoms with Crippen molar-refractivity contribution >= 4 is 5.78 Å². The first-order valence-electron chi connectivity index (χ1n) is 4.62. The lowest BCUT2D eigenvalue weighted by molar-refractivity contribution is -0.117. The molecule has 0 saturated heterocycles. The van der Waals surface area contributed by atoms with Gasteiger partial charge in [0, 0.05) is 6.42 Å². The van der Waals surface area contributed by atoms with Crippen LogP contribution in [0.1, 0.15) is 40.5 Å². The molecule has 1 N–H and O–H groups in total. The van der Waals surface area contributed by atoms with Gasteiger partial charge in [-0.25, -0.2) is 0 Å². The average molecular weight is 172 g/mol. The molecule has 0 aromatic carbocycles. The average Bonchev–Trinajstić information content (AvgIpc) is 1.98. The number of carbonyl (C=O) groups excluding carboxylic acids is 1. The highest BCUT2D eigenvalue weighted by molar-refractivity contribution is 5.75. The van der Waals surface area contributed by atoms with Crippen molar-refractivity contribution in [3.63, 3.8) is 0 Å². The zero-order chi connectivity index (χ0) is 9.72. The Morgan fingerprint density at radius 2 is 1.83 bits per heavy atom. The molecular weight excluding hydrogens is 152 g/mol. The molecule has 0 aromatic rings. The number of ketones is 1. The van der Waals surface area contributed by atoms with Crippen LogP contribution in [0.4, 0.5) is 0 Å². The van der Waals surface area contributed by atoms with Crippen LogP contribution < -0.4 is 0 Å². The van der Waals surface area contributed by atoms with Crippen molar-refractivity contribution in [1.29, 1.82) is 0 Å². The highest BCUT2D eigenvalue weighted by Gasteiger charge is 2.17. The molecule has 0 aliphatic rings. The maximum Gasteiger partial charge on any atom is 0.129 e. The molecule has 12 heavy (non-hydrogen) atoms. The van der Waals surface area contributed by atoms with E-state index in [0.29, 0.717) is 6.42 Å². The lowest BCUT2D eigenvalue weighted by Gasteiger charge is -2.21.